The fourth-order valence-corrected chi connectivity index (χ4v) is 6.68. The second-order valence-electron chi connectivity index (χ2n) is 6.98. The van der Waals surface area contributed by atoms with Gasteiger partial charge in [-0.2, -0.15) is 22.2 Å². The molecule has 1 aromatic heterocycles. The fourth-order valence-electron chi connectivity index (χ4n) is 3.44. The fraction of sp³-hybridized carbons (Fsp3) is 0.522. The van der Waals surface area contributed by atoms with Crippen molar-refractivity contribution in [1.29, 1.82) is 0 Å². The summed E-state index contributed by atoms with van der Waals surface area (Å²) in [7, 11) is -0.724. The SMILES string of the molecule is CCCCC(CC)C[SH](C(=O)CC)c1ccc(CC)c(-c2ccsc2)c1. The molecule has 0 fully saturated rings. The molecule has 0 aliphatic heterocycles. The third-order valence-electron chi connectivity index (χ3n) is 5.21. The van der Waals surface area contributed by atoms with Crippen LogP contribution in [0, 0.1) is 5.92 Å². The van der Waals surface area contributed by atoms with E-state index in [1.165, 1.54) is 47.3 Å². The molecule has 1 aromatic carbocycles. The summed E-state index contributed by atoms with van der Waals surface area (Å²) in [6.45, 7) is 8.76. The minimum Gasteiger partial charge on any atom is -0.289 e. The van der Waals surface area contributed by atoms with E-state index in [4.69, 9.17) is 0 Å². The normalized spacial score (nSPS) is 14.2. The molecule has 0 radical (unpaired) electrons. The second-order valence-corrected chi connectivity index (χ2v) is 10.00. The molecule has 2 aromatic rings. The summed E-state index contributed by atoms with van der Waals surface area (Å²) in [5.74, 6) is 1.74. The Morgan fingerprint density at radius 1 is 1.15 bits per heavy atom. The van der Waals surface area contributed by atoms with Gasteiger partial charge in [-0.25, -0.2) is 0 Å². The van der Waals surface area contributed by atoms with Crippen LogP contribution in [-0.4, -0.2) is 10.9 Å². The Morgan fingerprint density at radius 2 is 1.96 bits per heavy atom. The highest BCUT2D eigenvalue weighted by Crippen LogP contribution is 2.43. The predicted molar refractivity (Wildman–Crippen MR) is 120 cm³/mol. The predicted octanol–water partition coefficient (Wildman–Crippen LogP) is 7.49. The third kappa shape index (κ3) is 5.47. The van der Waals surface area contributed by atoms with Gasteiger partial charge in [-0.05, 0) is 75.1 Å². The number of carbonyl (C=O) groups is 1. The first-order valence-electron chi connectivity index (χ1n) is 10.1. The van der Waals surface area contributed by atoms with Gasteiger partial charge in [0, 0.05) is 6.42 Å². The molecule has 2 atom stereocenters. The summed E-state index contributed by atoms with van der Waals surface area (Å²) in [5.41, 5.74) is 4.00. The molecule has 0 saturated carbocycles. The maximum atomic E-state index is 12.8. The molecule has 2 unspecified atom stereocenters. The smallest absolute Gasteiger partial charge is 0.173 e. The lowest BCUT2D eigenvalue weighted by Gasteiger charge is -2.26. The molecule has 0 spiro atoms. The molecule has 0 amide bonds. The van der Waals surface area contributed by atoms with Gasteiger partial charge in [0.15, 0.2) is 5.12 Å². The molecular formula is C23H34OS2. The highest BCUT2D eigenvalue weighted by molar-refractivity contribution is 8.29. The minimum absolute atomic E-state index is 0.454. The van der Waals surface area contributed by atoms with Crippen LogP contribution in [-0.2, 0) is 11.2 Å². The summed E-state index contributed by atoms with van der Waals surface area (Å²) in [4.78, 5) is 14.1. The molecule has 26 heavy (non-hydrogen) atoms. The Labute approximate surface area is 166 Å². The molecule has 0 aliphatic carbocycles. The minimum atomic E-state index is -0.724. The Morgan fingerprint density at radius 3 is 2.54 bits per heavy atom. The highest BCUT2D eigenvalue weighted by Gasteiger charge is 2.20. The Balaban J connectivity index is 2.35. The maximum Gasteiger partial charge on any atom is 0.173 e. The lowest BCUT2D eigenvalue weighted by atomic mass is 10.0. The van der Waals surface area contributed by atoms with Crippen molar-refractivity contribution in [3.05, 3.63) is 40.6 Å². The van der Waals surface area contributed by atoms with Crippen LogP contribution in [0.2, 0.25) is 0 Å². The molecule has 0 saturated heterocycles. The summed E-state index contributed by atoms with van der Waals surface area (Å²) in [6.07, 6.45) is 6.63. The van der Waals surface area contributed by atoms with Gasteiger partial charge < -0.3 is 0 Å². The summed E-state index contributed by atoms with van der Waals surface area (Å²) in [6, 6.07) is 9.02. The number of carbonyl (C=O) groups excluding carboxylic acids is 1. The molecule has 1 heterocycles. The van der Waals surface area contributed by atoms with Crippen molar-refractivity contribution in [2.45, 2.75) is 71.1 Å². The largest absolute Gasteiger partial charge is 0.289 e. The number of thiol groups is 1. The van der Waals surface area contributed by atoms with Gasteiger partial charge in [0.1, 0.15) is 0 Å². The average Bonchev–Trinajstić information content (AvgIpc) is 3.22. The first-order chi connectivity index (χ1) is 12.6. The summed E-state index contributed by atoms with van der Waals surface area (Å²) < 4.78 is 0. The van der Waals surface area contributed by atoms with Crippen LogP contribution >= 0.6 is 22.2 Å². The van der Waals surface area contributed by atoms with Crippen molar-refractivity contribution in [3.63, 3.8) is 0 Å². The van der Waals surface area contributed by atoms with E-state index in [-0.39, 0.29) is 0 Å². The van der Waals surface area contributed by atoms with E-state index < -0.39 is 10.9 Å². The number of rotatable bonds is 10. The number of hydrogen-bond donors (Lipinski definition) is 1. The van der Waals surface area contributed by atoms with Crippen molar-refractivity contribution in [3.8, 4) is 11.1 Å². The number of aryl methyl sites for hydroxylation is 1. The van der Waals surface area contributed by atoms with E-state index in [1.807, 2.05) is 6.92 Å². The molecule has 0 aliphatic rings. The Kier molecular flexibility index (Phi) is 8.94. The topological polar surface area (TPSA) is 17.1 Å². The first kappa shape index (κ1) is 21.2. The van der Waals surface area contributed by atoms with E-state index in [1.54, 1.807) is 11.3 Å². The summed E-state index contributed by atoms with van der Waals surface area (Å²) >= 11 is 1.74. The Bertz CT molecular complexity index is 676. The average molecular weight is 391 g/mol. The molecule has 0 bridgehead atoms. The molecule has 3 heteroatoms. The van der Waals surface area contributed by atoms with Gasteiger partial charge in [-0.3, -0.25) is 4.79 Å². The van der Waals surface area contributed by atoms with Gasteiger partial charge in [0.05, 0.1) is 0 Å². The highest BCUT2D eigenvalue weighted by atomic mass is 32.2. The molecular weight excluding hydrogens is 356 g/mol. The zero-order valence-electron chi connectivity index (χ0n) is 16.8. The third-order valence-corrected chi connectivity index (χ3v) is 8.59. The van der Waals surface area contributed by atoms with Crippen LogP contribution in [0.25, 0.3) is 11.1 Å². The van der Waals surface area contributed by atoms with Crippen molar-refractivity contribution in [1.82, 2.24) is 0 Å². The van der Waals surface area contributed by atoms with Crippen LogP contribution in [0.15, 0.2) is 39.9 Å². The number of hydrogen-bond acceptors (Lipinski definition) is 2. The van der Waals surface area contributed by atoms with Gasteiger partial charge in [-0.1, -0.05) is 53.0 Å². The van der Waals surface area contributed by atoms with Gasteiger partial charge in [0.2, 0.25) is 0 Å². The number of unbranched alkanes of at least 4 members (excludes halogenated alkanes) is 1. The maximum absolute atomic E-state index is 12.8. The zero-order chi connectivity index (χ0) is 18.9. The summed E-state index contributed by atoms with van der Waals surface area (Å²) in [5, 5.41) is 4.81. The lowest BCUT2D eigenvalue weighted by molar-refractivity contribution is -0.110. The van der Waals surface area contributed by atoms with E-state index in [0.29, 0.717) is 17.5 Å². The van der Waals surface area contributed by atoms with Crippen LogP contribution in [0.1, 0.15) is 65.4 Å². The molecule has 1 nitrogen and oxygen atoms in total. The van der Waals surface area contributed by atoms with E-state index in [0.717, 1.165) is 12.2 Å². The van der Waals surface area contributed by atoms with Crippen LogP contribution in [0.5, 0.6) is 0 Å². The van der Waals surface area contributed by atoms with Crippen molar-refractivity contribution in [2.24, 2.45) is 5.92 Å². The van der Waals surface area contributed by atoms with Gasteiger partial charge in [-0.15, -0.1) is 0 Å². The van der Waals surface area contributed by atoms with E-state index >= 15 is 0 Å². The van der Waals surface area contributed by atoms with Crippen LogP contribution in [0.3, 0.4) is 0 Å². The van der Waals surface area contributed by atoms with E-state index in [2.05, 4.69) is 55.8 Å². The monoisotopic (exact) mass is 390 g/mol. The molecule has 2 rings (SSSR count). The van der Waals surface area contributed by atoms with E-state index in [9.17, 15) is 4.79 Å². The Hall–Kier alpha value is -1.06. The zero-order valence-corrected chi connectivity index (χ0v) is 18.5. The van der Waals surface area contributed by atoms with Crippen molar-refractivity contribution >= 4 is 27.3 Å². The number of thiophene rings is 1. The van der Waals surface area contributed by atoms with Gasteiger partial charge >= 0.3 is 0 Å². The first-order valence-corrected chi connectivity index (χ1v) is 12.6. The number of benzene rings is 1. The molecule has 0 N–H and O–H groups in total. The van der Waals surface area contributed by atoms with Crippen LogP contribution < -0.4 is 0 Å². The van der Waals surface area contributed by atoms with Crippen molar-refractivity contribution < 1.29 is 4.79 Å². The van der Waals surface area contributed by atoms with Gasteiger partial charge in [0.25, 0.3) is 0 Å². The van der Waals surface area contributed by atoms with Crippen LogP contribution in [0.4, 0.5) is 0 Å². The quantitative estimate of drug-likeness (QED) is 0.416. The molecule has 144 valence electrons. The van der Waals surface area contributed by atoms with Crippen molar-refractivity contribution in [2.75, 3.05) is 5.75 Å². The second kappa shape index (κ2) is 10.9. The standard InChI is InChI=1S/C23H34OS2/c1-5-9-10-18(6-2)17-26(23(24)8-4)21-12-11-19(7-3)22(15-21)20-13-14-25-16-20/h11-16,18,26H,5-10,17H2,1-4H3. The lowest BCUT2D eigenvalue weighted by Crippen LogP contribution is -2.11.